The number of hydrogen-bond donors (Lipinski definition) is 0. The topological polar surface area (TPSA) is 17.1 Å². The van der Waals surface area contributed by atoms with E-state index in [4.69, 9.17) is 11.6 Å². The molecule has 14 heavy (non-hydrogen) atoms. The predicted molar refractivity (Wildman–Crippen MR) is 62.4 cm³/mol. The lowest BCUT2D eigenvalue weighted by Gasteiger charge is -2.10. The molecule has 0 aromatic heterocycles. The van der Waals surface area contributed by atoms with Crippen LogP contribution in [0.3, 0.4) is 0 Å². The van der Waals surface area contributed by atoms with Crippen molar-refractivity contribution < 1.29 is 4.79 Å². The van der Waals surface area contributed by atoms with Gasteiger partial charge in [0.15, 0.2) is 6.29 Å². The van der Waals surface area contributed by atoms with Crippen molar-refractivity contribution in [2.45, 2.75) is 30.4 Å². The normalized spacial score (nSPS) is 12.5. The van der Waals surface area contributed by atoms with Gasteiger partial charge in [-0.3, -0.25) is 4.79 Å². The SMILES string of the molecule is CCC(C)Sc1cccc(Cl)c1C=O. The molecule has 0 saturated heterocycles. The van der Waals surface area contributed by atoms with Crippen molar-refractivity contribution >= 4 is 29.6 Å². The first kappa shape index (κ1) is 11.6. The van der Waals surface area contributed by atoms with Gasteiger partial charge in [-0.2, -0.15) is 0 Å². The zero-order chi connectivity index (χ0) is 10.6. The lowest BCUT2D eigenvalue weighted by Crippen LogP contribution is -1.95. The second-order valence-corrected chi connectivity index (χ2v) is 4.99. The molecule has 0 aliphatic heterocycles. The minimum absolute atomic E-state index is 0.507. The van der Waals surface area contributed by atoms with Gasteiger partial charge in [0.05, 0.1) is 5.02 Å². The number of thioether (sulfide) groups is 1. The van der Waals surface area contributed by atoms with Crippen LogP contribution >= 0.6 is 23.4 Å². The zero-order valence-electron chi connectivity index (χ0n) is 8.29. The van der Waals surface area contributed by atoms with Crippen LogP contribution in [0.25, 0.3) is 0 Å². The molecule has 0 saturated carbocycles. The number of halogens is 1. The zero-order valence-corrected chi connectivity index (χ0v) is 9.86. The molecule has 0 radical (unpaired) electrons. The Labute approximate surface area is 93.8 Å². The van der Waals surface area contributed by atoms with Crippen LogP contribution in [0, 0.1) is 0 Å². The van der Waals surface area contributed by atoms with Crippen LogP contribution in [0.4, 0.5) is 0 Å². The Hall–Kier alpha value is -0.470. The molecule has 1 unspecified atom stereocenters. The van der Waals surface area contributed by atoms with E-state index in [1.54, 1.807) is 17.8 Å². The van der Waals surface area contributed by atoms with Crippen molar-refractivity contribution in [1.29, 1.82) is 0 Å². The molecule has 76 valence electrons. The molecule has 1 aromatic carbocycles. The Morgan fingerprint density at radius 3 is 2.86 bits per heavy atom. The van der Waals surface area contributed by atoms with Gasteiger partial charge in [-0.05, 0) is 18.6 Å². The van der Waals surface area contributed by atoms with Gasteiger partial charge < -0.3 is 0 Å². The van der Waals surface area contributed by atoms with E-state index in [-0.39, 0.29) is 0 Å². The molecule has 1 atom stereocenters. The van der Waals surface area contributed by atoms with Crippen LogP contribution in [0.15, 0.2) is 23.1 Å². The number of benzene rings is 1. The van der Waals surface area contributed by atoms with Gasteiger partial charge in [-0.15, -0.1) is 11.8 Å². The predicted octanol–water partition coefficient (Wildman–Crippen LogP) is 4.04. The van der Waals surface area contributed by atoms with Crippen LogP contribution in [-0.2, 0) is 0 Å². The summed E-state index contributed by atoms with van der Waals surface area (Å²) < 4.78 is 0. The monoisotopic (exact) mass is 228 g/mol. The van der Waals surface area contributed by atoms with Crippen LogP contribution in [0.5, 0.6) is 0 Å². The first-order chi connectivity index (χ1) is 6.69. The van der Waals surface area contributed by atoms with Gasteiger partial charge in [0, 0.05) is 15.7 Å². The van der Waals surface area contributed by atoms with Crippen molar-refractivity contribution in [1.82, 2.24) is 0 Å². The van der Waals surface area contributed by atoms with E-state index in [9.17, 15) is 4.79 Å². The fourth-order valence-electron chi connectivity index (χ4n) is 1.03. The molecule has 0 bridgehead atoms. The highest BCUT2D eigenvalue weighted by Crippen LogP contribution is 2.30. The first-order valence-electron chi connectivity index (χ1n) is 4.59. The summed E-state index contributed by atoms with van der Waals surface area (Å²) in [4.78, 5) is 11.8. The lowest BCUT2D eigenvalue weighted by atomic mass is 10.2. The highest BCUT2D eigenvalue weighted by atomic mass is 35.5. The maximum atomic E-state index is 10.8. The van der Waals surface area contributed by atoms with Gasteiger partial charge in [0.2, 0.25) is 0 Å². The number of carbonyl (C=O) groups excluding carboxylic acids is 1. The maximum Gasteiger partial charge on any atom is 0.152 e. The van der Waals surface area contributed by atoms with Gasteiger partial charge in [-0.1, -0.05) is 31.5 Å². The molecule has 1 nitrogen and oxygen atoms in total. The number of rotatable bonds is 4. The average molecular weight is 229 g/mol. The van der Waals surface area contributed by atoms with Gasteiger partial charge in [0.25, 0.3) is 0 Å². The Bertz CT molecular complexity index is 325. The second kappa shape index (κ2) is 5.42. The summed E-state index contributed by atoms with van der Waals surface area (Å²) in [6.45, 7) is 4.27. The highest BCUT2D eigenvalue weighted by molar-refractivity contribution is 8.00. The first-order valence-corrected chi connectivity index (χ1v) is 5.85. The van der Waals surface area contributed by atoms with Crippen LogP contribution < -0.4 is 0 Å². The van der Waals surface area contributed by atoms with Crippen molar-refractivity contribution in [2.75, 3.05) is 0 Å². The summed E-state index contributed by atoms with van der Waals surface area (Å²) in [7, 11) is 0. The standard InChI is InChI=1S/C11H13ClOS/c1-3-8(2)14-11-6-4-5-10(12)9(11)7-13/h4-8H,3H2,1-2H3. The minimum Gasteiger partial charge on any atom is -0.298 e. The molecule has 0 fully saturated rings. The maximum absolute atomic E-state index is 10.8. The summed E-state index contributed by atoms with van der Waals surface area (Å²) >= 11 is 7.60. The third kappa shape index (κ3) is 2.76. The van der Waals surface area contributed by atoms with Crippen LogP contribution in [0.2, 0.25) is 5.02 Å². The molecule has 3 heteroatoms. The summed E-state index contributed by atoms with van der Waals surface area (Å²) in [6, 6.07) is 5.55. The van der Waals surface area contributed by atoms with E-state index >= 15 is 0 Å². The van der Waals surface area contributed by atoms with Gasteiger partial charge in [-0.25, -0.2) is 0 Å². The van der Waals surface area contributed by atoms with Crippen LogP contribution in [0.1, 0.15) is 30.6 Å². The summed E-state index contributed by atoms with van der Waals surface area (Å²) in [6.07, 6.45) is 1.91. The van der Waals surface area contributed by atoms with E-state index in [1.165, 1.54) is 0 Å². The molecule has 0 N–H and O–H groups in total. The van der Waals surface area contributed by atoms with Crippen molar-refractivity contribution in [3.05, 3.63) is 28.8 Å². The minimum atomic E-state index is 0.507. The fourth-order valence-corrected chi connectivity index (χ4v) is 2.35. The van der Waals surface area contributed by atoms with Crippen molar-refractivity contribution in [3.63, 3.8) is 0 Å². The van der Waals surface area contributed by atoms with E-state index in [2.05, 4.69) is 13.8 Å². The Morgan fingerprint density at radius 1 is 1.57 bits per heavy atom. The van der Waals surface area contributed by atoms with Crippen LogP contribution in [-0.4, -0.2) is 11.5 Å². The van der Waals surface area contributed by atoms with E-state index in [0.29, 0.717) is 15.8 Å². The summed E-state index contributed by atoms with van der Waals surface area (Å²) in [5.41, 5.74) is 0.611. The molecular formula is C11H13ClOS. The molecule has 0 amide bonds. The Kier molecular flexibility index (Phi) is 4.49. The van der Waals surface area contributed by atoms with Gasteiger partial charge in [0.1, 0.15) is 0 Å². The third-order valence-corrected chi connectivity index (χ3v) is 3.71. The summed E-state index contributed by atoms with van der Waals surface area (Å²) in [5.74, 6) is 0. The van der Waals surface area contributed by atoms with E-state index in [1.807, 2.05) is 12.1 Å². The van der Waals surface area contributed by atoms with Gasteiger partial charge >= 0.3 is 0 Å². The smallest absolute Gasteiger partial charge is 0.152 e. The largest absolute Gasteiger partial charge is 0.298 e. The lowest BCUT2D eigenvalue weighted by molar-refractivity contribution is 0.112. The second-order valence-electron chi connectivity index (χ2n) is 3.11. The van der Waals surface area contributed by atoms with E-state index < -0.39 is 0 Å². The molecule has 1 aromatic rings. The van der Waals surface area contributed by atoms with Crippen molar-refractivity contribution in [3.8, 4) is 0 Å². The average Bonchev–Trinajstić information content (AvgIpc) is 2.18. The Balaban J connectivity index is 2.96. The third-order valence-electron chi connectivity index (χ3n) is 2.03. The highest BCUT2D eigenvalue weighted by Gasteiger charge is 2.09. The molecule has 0 aliphatic rings. The fraction of sp³-hybridized carbons (Fsp3) is 0.364. The van der Waals surface area contributed by atoms with E-state index in [0.717, 1.165) is 17.6 Å². The Morgan fingerprint density at radius 2 is 2.29 bits per heavy atom. The number of hydrogen-bond acceptors (Lipinski definition) is 2. The molecule has 0 spiro atoms. The molecule has 0 aliphatic carbocycles. The molecule has 1 rings (SSSR count). The van der Waals surface area contributed by atoms with Crippen molar-refractivity contribution in [2.24, 2.45) is 0 Å². The molecular weight excluding hydrogens is 216 g/mol. The quantitative estimate of drug-likeness (QED) is 0.572. The number of carbonyl (C=O) groups is 1. The summed E-state index contributed by atoms with van der Waals surface area (Å²) in [5, 5.41) is 1.04. The number of aldehydes is 1. The molecule has 0 heterocycles.